The molecule has 0 saturated heterocycles. The first-order valence-electron chi connectivity index (χ1n) is 5.42. The Labute approximate surface area is 123 Å². The summed E-state index contributed by atoms with van der Waals surface area (Å²) in [6, 6.07) is 2.68. The first-order valence-corrected chi connectivity index (χ1v) is 7.65. The van der Waals surface area contributed by atoms with Crippen molar-refractivity contribution in [2.45, 2.75) is 24.6 Å². The van der Waals surface area contributed by atoms with Crippen LogP contribution in [0.15, 0.2) is 21.5 Å². The third-order valence-electron chi connectivity index (χ3n) is 2.63. The Morgan fingerprint density at radius 3 is 2.35 bits per heavy atom. The molecule has 0 fully saturated rings. The highest BCUT2D eigenvalue weighted by atomic mass is 79.9. The molecule has 1 aromatic carbocycles. The molecule has 0 aliphatic heterocycles. The van der Waals surface area contributed by atoms with Gasteiger partial charge in [0.1, 0.15) is 6.54 Å². The first-order chi connectivity index (χ1) is 8.99. The number of alkyl halides is 3. The Hall–Kier alpha value is -0.640. The molecule has 9 heteroatoms. The molecule has 4 nitrogen and oxygen atoms in total. The van der Waals surface area contributed by atoms with Crippen molar-refractivity contribution in [1.82, 2.24) is 4.31 Å². The second-order valence-corrected chi connectivity index (χ2v) is 7.10. The highest BCUT2D eigenvalue weighted by molar-refractivity contribution is 9.10. The van der Waals surface area contributed by atoms with Crippen molar-refractivity contribution in [3.8, 4) is 0 Å². The molecular formula is C11H13BrF3NO3S. The normalized spacial score (nSPS) is 13.0. The van der Waals surface area contributed by atoms with Crippen LogP contribution < -0.4 is 0 Å². The van der Waals surface area contributed by atoms with E-state index in [9.17, 15) is 21.6 Å². The maximum Gasteiger partial charge on any atom is 0.402 e. The van der Waals surface area contributed by atoms with E-state index in [0.717, 1.165) is 7.05 Å². The molecule has 0 saturated carbocycles. The van der Waals surface area contributed by atoms with Gasteiger partial charge in [0.05, 0.1) is 11.5 Å². The number of nitrogens with zero attached hydrogens (tertiary/aromatic N) is 1. The van der Waals surface area contributed by atoms with Crippen LogP contribution in [0.5, 0.6) is 0 Å². The minimum atomic E-state index is -4.62. The summed E-state index contributed by atoms with van der Waals surface area (Å²) in [5.41, 5.74) is 0.581. The molecule has 1 N–H and O–H groups in total. The molecule has 20 heavy (non-hydrogen) atoms. The monoisotopic (exact) mass is 375 g/mol. The molecule has 1 rings (SSSR count). The first kappa shape index (κ1) is 17.4. The van der Waals surface area contributed by atoms with Gasteiger partial charge in [-0.05, 0) is 30.2 Å². The van der Waals surface area contributed by atoms with Crippen LogP contribution in [0.4, 0.5) is 13.2 Å². The second kappa shape index (κ2) is 6.00. The Balaban J connectivity index is 3.32. The van der Waals surface area contributed by atoms with Crippen molar-refractivity contribution < 1.29 is 26.7 Å². The molecule has 1 aromatic rings. The number of rotatable bonds is 4. The molecule has 0 amide bonds. The minimum Gasteiger partial charge on any atom is -0.392 e. The van der Waals surface area contributed by atoms with E-state index in [-0.39, 0.29) is 14.8 Å². The fraction of sp³-hybridized carbons (Fsp3) is 0.455. The van der Waals surface area contributed by atoms with Crippen molar-refractivity contribution in [3.63, 3.8) is 0 Å². The zero-order valence-electron chi connectivity index (χ0n) is 10.7. The van der Waals surface area contributed by atoms with Crippen LogP contribution >= 0.6 is 15.9 Å². The summed E-state index contributed by atoms with van der Waals surface area (Å²) in [5.74, 6) is 0. The van der Waals surface area contributed by atoms with Gasteiger partial charge in [-0.1, -0.05) is 15.9 Å². The van der Waals surface area contributed by atoms with Crippen molar-refractivity contribution in [1.29, 1.82) is 0 Å². The lowest BCUT2D eigenvalue weighted by molar-refractivity contribution is -0.134. The number of aliphatic hydroxyl groups is 1. The number of sulfonamides is 1. The smallest absolute Gasteiger partial charge is 0.392 e. The van der Waals surface area contributed by atoms with Gasteiger partial charge in [-0.25, -0.2) is 8.42 Å². The van der Waals surface area contributed by atoms with E-state index < -0.39 is 29.4 Å². The van der Waals surface area contributed by atoms with Crippen LogP contribution in [-0.4, -0.2) is 37.6 Å². The third kappa shape index (κ3) is 3.94. The van der Waals surface area contributed by atoms with Gasteiger partial charge in [-0.15, -0.1) is 0 Å². The molecule has 0 aliphatic carbocycles. The maximum absolute atomic E-state index is 12.3. The quantitative estimate of drug-likeness (QED) is 0.878. The number of halogens is 4. The number of hydrogen-bond donors (Lipinski definition) is 1. The number of benzene rings is 1. The molecular weight excluding hydrogens is 363 g/mol. The fourth-order valence-electron chi connectivity index (χ4n) is 1.57. The summed E-state index contributed by atoms with van der Waals surface area (Å²) in [6.45, 7) is -0.514. The topological polar surface area (TPSA) is 57.6 Å². The maximum atomic E-state index is 12.3. The van der Waals surface area contributed by atoms with E-state index in [4.69, 9.17) is 5.11 Å². The molecule has 0 unspecified atom stereocenters. The molecule has 0 aromatic heterocycles. The molecule has 0 heterocycles. The lowest BCUT2D eigenvalue weighted by Gasteiger charge is -2.20. The van der Waals surface area contributed by atoms with Crippen LogP contribution in [0.3, 0.4) is 0 Å². The number of hydrogen-bond acceptors (Lipinski definition) is 3. The van der Waals surface area contributed by atoms with Crippen LogP contribution in [0, 0.1) is 6.92 Å². The molecule has 114 valence electrons. The van der Waals surface area contributed by atoms with Gasteiger partial charge in [0.25, 0.3) is 0 Å². The van der Waals surface area contributed by atoms with Gasteiger partial charge in [-0.3, -0.25) is 0 Å². The summed E-state index contributed by atoms with van der Waals surface area (Å²) in [5, 5.41) is 9.06. The Morgan fingerprint density at radius 1 is 1.35 bits per heavy atom. The third-order valence-corrected chi connectivity index (χ3v) is 5.38. The standard InChI is InChI=1S/C11H13BrF3NO3S/c1-7-9(12)3-8(5-17)4-10(7)20(18,19)16(2)6-11(13,14)15/h3-4,17H,5-6H2,1-2H3. The second-order valence-electron chi connectivity index (χ2n) is 4.24. The van der Waals surface area contributed by atoms with E-state index in [1.54, 1.807) is 0 Å². The van der Waals surface area contributed by atoms with E-state index in [1.165, 1.54) is 19.1 Å². The van der Waals surface area contributed by atoms with Crippen LogP contribution in [0.2, 0.25) is 0 Å². The van der Waals surface area contributed by atoms with Crippen LogP contribution in [0.25, 0.3) is 0 Å². The zero-order valence-corrected chi connectivity index (χ0v) is 13.1. The predicted octanol–water partition coefficient (Wildman–Crippen LogP) is 2.43. The average Bonchev–Trinajstić information content (AvgIpc) is 2.29. The molecule has 0 bridgehead atoms. The number of aliphatic hydroxyl groups excluding tert-OH is 1. The lowest BCUT2D eigenvalue weighted by Crippen LogP contribution is -2.36. The van der Waals surface area contributed by atoms with E-state index in [1.807, 2.05) is 0 Å². The van der Waals surface area contributed by atoms with Crippen molar-refractivity contribution in [3.05, 3.63) is 27.7 Å². The average molecular weight is 376 g/mol. The zero-order chi connectivity index (χ0) is 15.7. The summed E-state index contributed by atoms with van der Waals surface area (Å²) in [6.07, 6.45) is -4.62. The molecule has 0 radical (unpaired) electrons. The summed E-state index contributed by atoms with van der Waals surface area (Å²) in [7, 11) is -3.42. The van der Waals surface area contributed by atoms with Crippen LogP contribution in [0.1, 0.15) is 11.1 Å². The Kier molecular flexibility index (Phi) is 5.23. The van der Waals surface area contributed by atoms with Gasteiger partial charge in [0.2, 0.25) is 10.0 Å². The van der Waals surface area contributed by atoms with E-state index in [2.05, 4.69) is 15.9 Å². The van der Waals surface area contributed by atoms with Gasteiger partial charge in [-0.2, -0.15) is 17.5 Å². The van der Waals surface area contributed by atoms with Crippen LogP contribution in [-0.2, 0) is 16.6 Å². The van der Waals surface area contributed by atoms with E-state index >= 15 is 0 Å². The lowest BCUT2D eigenvalue weighted by atomic mass is 10.2. The highest BCUT2D eigenvalue weighted by Gasteiger charge is 2.35. The molecule has 0 atom stereocenters. The SMILES string of the molecule is Cc1c(Br)cc(CO)cc1S(=O)(=O)N(C)CC(F)(F)F. The highest BCUT2D eigenvalue weighted by Crippen LogP contribution is 2.29. The molecule has 0 spiro atoms. The van der Waals surface area contributed by atoms with Gasteiger partial charge < -0.3 is 5.11 Å². The fourth-order valence-corrected chi connectivity index (χ4v) is 3.66. The van der Waals surface area contributed by atoms with E-state index in [0.29, 0.717) is 10.0 Å². The Bertz CT molecular complexity index is 602. The summed E-state index contributed by atoms with van der Waals surface area (Å²) in [4.78, 5) is -0.261. The Morgan fingerprint density at radius 2 is 1.90 bits per heavy atom. The van der Waals surface area contributed by atoms with Gasteiger partial charge >= 0.3 is 6.18 Å². The largest absolute Gasteiger partial charge is 0.402 e. The van der Waals surface area contributed by atoms with Gasteiger partial charge in [0, 0.05) is 11.5 Å². The minimum absolute atomic E-state index is 0.239. The van der Waals surface area contributed by atoms with Crippen molar-refractivity contribution >= 4 is 26.0 Å². The summed E-state index contributed by atoms with van der Waals surface area (Å²) >= 11 is 3.12. The predicted molar refractivity (Wildman–Crippen MR) is 70.7 cm³/mol. The molecule has 0 aliphatic rings. The van der Waals surface area contributed by atoms with Crippen molar-refractivity contribution in [2.24, 2.45) is 0 Å². The summed E-state index contributed by atoms with van der Waals surface area (Å²) < 4.78 is 62.0. The van der Waals surface area contributed by atoms with Crippen molar-refractivity contribution in [2.75, 3.05) is 13.6 Å². The van der Waals surface area contributed by atoms with Gasteiger partial charge in [0.15, 0.2) is 0 Å².